The molecule has 0 radical (unpaired) electrons. The molecule has 0 aromatic heterocycles. The highest BCUT2D eigenvalue weighted by atomic mass is 35.5. The van der Waals surface area contributed by atoms with Crippen LogP contribution in [0.5, 0.6) is 11.5 Å². The van der Waals surface area contributed by atoms with Crippen LogP contribution in [0.2, 0.25) is 5.02 Å². The Balaban J connectivity index is 1.51. The SMILES string of the molecule is COc1cc(NC(=O)NC[C@@H]2C[C@H](c3ccccc3)CO2)cc(Cl)c1OC. The Morgan fingerprint density at radius 2 is 2.00 bits per heavy atom. The molecule has 144 valence electrons. The van der Waals surface area contributed by atoms with Crippen LogP contribution in [0.15, 0.2) is 42.5 Å². The van der Waals surface area contributed by atoms with Gasteiger partial charge < -0.3 is 24.8 Å². The van der Waals surface area contributed by atoms with E-state index in [1.807, 2.05) is 18.2 Å². The van der Waals surface area contributed by atoms with Crippen LogP contribution in [0, 0.1) is 0 Å². The van der Waals surface area contributed by atoms with E-state index in [9.17, 15) is 4.79 Å². The molecule has 2 atom stereocenters. The largest absolute Gasteiger partial charge is 0.493 e. The van der Waals surface area contributed by atoms with Gasteiger partial charge in [0.05, 0.1) is 32.0 Å². The Hall–Kier alpha value is -2.44. The van der Waals surface area contributed by atoms with E-state index in [1.165, 1.54) is 19.8 Å². The lowest BCUT2D eigenvalue weighted by Crippen LogP contribution is -2.35. The summed E-state index contributed by atoms with van der Waals surface area (Å²) in [5.41, 5.74) is 1.79. The zero-order valence-corrected chi connectivity index (χ0v) is 16.1. The molecular formula is C20H23ClN2O4. The minimum Gasteiger partial charge on any atom is -0.493 e. The lowest BCUT2D eigenvalue weighted by Gasteiger charge is -2.14. The Labute approximate surface area is 163 Å². The molecule has 1 aliphatic rings. The van der Waals surface area contributed by atoms with Crippen molar-refractivity contribution in [1.29, 1.82) is 0 Å². The van der Waals surface area contributed by atoms with E-state index in [0.717, 1.165) is 6.42 Å². The second-order valence-corrected chi connectivity index (χ2v) is 6.73. The van der Waals surface area contributed by atoms with Crippen LogP contribution in [-0.2, 0) is 4.74 Å². The Morgan fingerprint density at radius 1 is 1.22 bits per heavy atom. The molecule has 0 unspecified atom stereocenters. The lowest BCUT2D eigenvalue weighted by molar-refractivity contribution is 0.110. The smallest absolute Gasteiger partial charge is 0.319 e. The molecule has 1 fully saturated rings. The van der Waals surface area contributed by atoms with Gasteiger partial charge in [-0.25, -0.2) is 4.79 Å². The second kappa shape index (κ2) is 8.97. The lowest BCUT2D eigenvalue weighted by atomic mass is 9.96. The van der Waals surface area contributed by atoms with Gasteiger partial charge in [-0.05, 0) is 18.1 Å². The predicted molar refractivity (Wildman–Crippen MR) is 105 cm³/mol. The van der Waals surface area contributed by atoms with Crippen LogP contribution in [0.4, 0.5) is 10.5 Å². The van der Waals surface area contributed by atoms with E-state index in [4.69, 9.17) is 25.8 Å². The van der Waals surface area contributed by atoms with Gasteiger partial charge in [-0.2, -0.15) is 0 Å². The number of anilines is 1. The Morgan fingerprint density at radius 3 is 2.70 bits per heavy atom. The number of nitrogens with one attached hydrogen (secondary N) is 2. The van der Waals surface area contributed by atoms with Gasteiger partial charge in [0.2, 0.25) is 0 Å². The molecule has 2 amide bonds. The fourth-order valence-electron chi connectivity index (χ4n) is 3.18. The third kappa shape index (κ3) is 4.84. The fourth-order valence-corrected chi connectivity index (χ4v) is 3.47. The molecule has 2 aromatic rings. The average molecular weight is 391 g/mol. The number of rotatable bonds is 6. The van der Waals surface area contributed by atoms with E-state index >= 15 is 0 Å². The van der Waals surface area contributed by atoms with E-state index in [-0.39, 0.29) is 12.1 Å². The highest BCUT2D eigenvalue weighted by molar-refractivity contribution is 6.32. The maximum atomic E-state index is 12.2. The molecule has 0 saturated carbocycles. The maximum absolute atomic E-state index is 12.2. The molecule has 0 aliphatic carbocycles. The number of ether oxygens (including phenoxy) is 3. The molecule has 3 rings (SSSR count). The first-order valence-corrected chi connectivity index (χ1v) is 9.11. The van der Waals surface area contributed by atoms with Crippen molar-refractivity contribution in [2.45, 2.75) is 18.4 Å². The van der Waals surface area contributed by atoms with E-state index in [0.29, 0.717) is 41.3 Å². The molecule has 2 aromatic carbocycles. The van der Waals surface area contributed by atoms with Gasteiger partial charge in [0.15, 0.2) is 11.5 Å². The van der Waals surface area contributed by atoms with Crippen molar-refractivity contribution in [2.75, 3.05) is 32.7 Å². The van der Waals surface area contributed by atoms with Crippen LogP contribution in [-0.4, -0.2) is 39.5 Å². The molecular weight excluding hydrogens is 368 g/mol. The second-order valence-electron chi connectivity index (χ2n) is 6.33. The van der Waals surface area contributed by atoms with Crippen LogP contribution in [0.1, 0.15) is 17.9 Å². The highest BCUT2D eigenvalue weighted by Gasteiger charge is 2.26. The van der Waals surface area contributed by atoms with Crippen LogP contribution in [0.3, 0.4) is 0 Å². The number of amides is 2. The summed E-state index contributed by atoms with van der Waals surface area (Å²) in [4.78, 5) is 12.2. The highest BCUT2D eigenvalue weighted by Crippen LogP contribution is 2.37. The van der Waals surface area contributed by atoms with Crippen molar-refractivity contribution in [3.05, 3.63) is 53.1 Å². The van der Waals surface area contributed by atoms with Crippen LogP contribution < -0.4 is 20.1 Å². The summed E-state index contributed by atoms with van der Waals surface area (Å²) in [6, 6.07) is 13.2. The third-order valence-electron chi connectivity index (χ3n) is 4.53. The van der Waals surface area contributed by atoms with Crippen molar-refractivity contribution in [1.82, 2.24) is 5.32 Å². The minimum absolute atomic E-state index is 0.00468. The maximum Gasteiger partial charge on any atom is 0.319 e. The standard InChI is InChI=1S/C20H23ClN2O4/c1-25-18-10-15(9-17(21)19(18)26-2)23-20(24)22-11-16-8-14(12-27-16)13-6-4-3-5-7-13/h3-7,9-10,14,16H,8,11-12H2,1-2H3,(H2,22,23,24)/t14-,16-/m0/s1. The summed E-state index contributed by atoms with van der Waals surface area (Å²) < 4.78 is 16.2. The summed E-state index contributed by atoms with van der Waals surface area (Å²) >= 11 is 6.16. The molecule has 27 heavy (non-hydrogen) atoms. The van der Waals surface area contributed by atoms with Crippen LogP contribution in [0.25, 0.3) is 0 Å². The van der Waals surface area contributed by atoms with Gasteiger partial charge in [0.25, 0.3) is 0 Å². The van der Waals surface area contributed by atoms with E-state index in [1.54, 1.807) is 12.1 Å². The first-order chi connectivity index (χ1) is 13.1. The van der Waals surface area contributed by atoms with Gasteiger partial charge in [-0.15, -0.1) is 0 Å². The predicted octanol–water partition coefficient (Wildman–Crippen LogP) is 4.05. The summed E-state index contributed by atoms with van der Waals surface area (Å²) in [5, 5.41) is 5.95. The number of urea groups is 1. The van der Waals surface area contributed by atoms with Gasteiger partial charge in [-0.1, -0.05) is 41.9 Å². The number of hydrogen-bond acceptors (Lipinski definition) is 4. The number of benzene rings is 2. The number of methoxy groups -OCH3 is 2. The molecule has 2 N–H and O–H groups in total. The topological polar surface area (TPSA) is 68.8 Å². The third-order valence-corrected chi connectivity index (χ3v) is 4.81. The summed E-state index contributed by atoms with van der Waals surface area (Å²) in [7, 11) is 3.02. The number of hydrogen-bond donors (Lipinski definition) is 2. The van der Waals surface area contributed by atoms with Gasteiger partial charge in [0, 0.05) is 24.2 Å². The number of carbonyl (C=O) groups is 1. The normalized spacial score (nSPS) is 18.8. The molecule has 1 aliphatic heterocycles. The first-order valence-electron chi connectivity index (χ1n) is 8.73. The van der Waals surface area contributed by atoms with Crippen molar-refractivity contribution >= 4 is 23.3 Å². The Kier molecular flexibility index (Phi) is 6.42. The molecule has 7 heteroatoms. The molecule has 1 heterocycles. The quantitative estimate of drug-likeness (QED) is 0.780. The van der Waals surface area contributed by atoms with Gasteiger partial charge in [0.1, 0.15) is 0 Å². The van der Waals surface area contributed by atoms with E-state index < -0.39 is 0 Å². The summed E-state index contributed by atoms with van der Waals surface area (Å²) in [5.74, 6) is 1.24. The number of halogens is 1. The monoisotopic (exact) mass is 390 g/mol. The minimum atomic E-state index is -0.329. The molecule has 0 spiro atoms. The number of carbonyl (C=O) groups excluding carboxylic acids is 1. The van der Waals surface area contributed by atoms with Crippen molar-refractivity contribution < 1.29 is 19.0 Å². The molecule has 0 bridgehead atoms. The summed E-state index contributed by atoms with van der Waals surface area (Å²) in [6.07, 6.45) is 0.877. The fraction of sp³-hybridized carbons (Fsp3) is 0.350. The van der Waals surface area contributed by atoms with Crippen molar-refractivity contribution in [3.8, 4) is 11.5 Å². The average Bonchev–Trinajstić information content (AvgIpc) is 3.15. The van der Waals surface area contributed by atoms with Crippen LogP contribution >= 0.6 is 11.6 Å². The van der Waals surface area contributed by atoms with Crippen molar-refractivity contribution in [2.24, 2.45) is 0 Å². The zero-order chi connectivity index (χ0) is 19.2. The van der Waals surface area contributed by atoms with Gasteiger partial charge in [-0.3, -0.25) is 0 Å². The van der Waals surface area contributed by atoms with E-state index in [2.05, 4.69) is 22.8 Å². The first kappa shape index (κ1) is 19.3. The summed E-state index contributed by atoms with van der Waals surface area (Å²) in [6.45, 7) is 1.11. The van der Waals surface area contributed by atoms with Gasteiger partial charge >= 0.3 is 6.03 Å². The molecule has 1 saturated heterocycles. The Bertz CT molecular complexity index is 785. The molecule has 6 nitrogen and oxygen atoms in total. The zero-order valence-electron chi connectivity index (χ0n) is 15.3. The van der Waals surface area contributed by atoms with Crippen molar-refractivity contribution in [3.63, 3.8) is 0 Å².